The standard InChI is InChI=1S/C15H19BrN2O3/c1-15(16,12-8-4-5-9-21-12)13(19)10-6-2-3-7-11(10)14(20)18-17/h2-3,6-7,12H,4-5,8-9,17H2,1H3,(H,18,20). The van der Waals surface area contributed by atoms with E-state index in [0.29, 0.717) is 12.2 Å². The number of rotatable bonds is 4. The number of benzene rings is 1. The number of amides is 1. The van der Waals surface area contributed by atoms with Gasteiger partial charge in [0.2, 0.25) is 0 Å². The molecule has 0 radical (unpaired) electrons. The van der Waals surface area contributed by atoms with Crippen LogP contribution >= 0.6 is 15.9 Å². The molecule has 0 spiro atoms. The van der Waals surface area contributed by atoms with Gasteiger partial charge in [-0.2, -0.15) is 0 Å². The molecule has 0 aromatic heterocycles. The van der Waals surface area contributed by atoms with Crippen LogP contribution in [0.15, 0.2) is 24.3 Å². The van der Waals surface area contributed by atoms with Gasteiger partial charge in [0.1, 0.15) is 4.32 Å². The quantitative estimate of drug-likeness (QED) is 0.285. The predicted octanol–water partition coefficient (Wildman–Crippen LogP) is 2.20. The van der Waals surface area contributed by atoms with Crippen LogP contribution < -0.4 is 11.3 Å². The molecule has 1 heterocycles. The Kier molecular flexibility index (Phi) is 5.13. The van der Waals surface area contributed by atoms with Crippen molar-refractivity contribution >= 4 is 27.6 Å². The average molecular weight is 355 g/mol. The van der Waals surface area contributed by atoms with E-state index in [9.17, 15) is 9.59 Å². The number of hydrazine groups is 1. The molecule has 6 heteroatoms. The van der Waals surface area contributed by atoms with E-state index in [4.69, 9.17) is 10.6 Å². The van der Waals surface area contributed by atoms with Crippen molar-refractivity contribution in [2.75, 3.05) is 6.61 Å². The monoisotopic (exact) mass is 354 g/mol. The van der Waals surface area contributed by atoms with Crippen LogP contribution in [0.1, 0.15) is 46.9 Å². The first-order chi connectivity index (χ1) is 9.98. The molecule has 1 fully saturated rings. The lowest BCUT2D eigenvalue weighted by atomic mass is 9.88. The Morgan fingerprint density at radius 3 is 2.57 bits per heavy atom. The Morgan fingerprint density at radius 1 is 1.33 bits per heavy atom. The van der Waals surface area contributed by atoms with Crippen molar-refractivity contribution in [1.82, 2.24) is 5.43 Å². The zero-order valence-electron chi connectivity index (χ0n) is 11.9. The molecule has 1 aliphatic heterocycles. The van der Waals surface area contributed by atoms with Gasteiger partial charge in [0.05, 0.1) is 11.7 Å². The number of nitrogens with two attached hydrogens (primary N) is 1. The second-order valence-corrected chi connectivity index (χ2v) is 6.93. The molecular formula is C15H19BrN2O3. The Morgan fingerprint density at radius 2 is 2.00 bits per heavy atom. The highest BCUT2D eigenvalue weighted by Gasteiger charge is 2.41. The number of halogens is 1. The van der Waals surface area contributed by atoms with E-state index in [-0.39, 0.29) is 17.5 Å². The molecule has 1 aromatic rings. The van der Waals surface area contributed by atoms with Gasteiger partial charge in [-0.05, 0) is 32.3 Å². The van der Waals surface area contributed by atoms with E-state index in [0.717, 1.165) is 19.3 Å². The first kappa shape index (κ1) is 16.1. The minimum absolute atomic E-state index is 0.173. The van der Waals surface area contributed by atoms with Crippen molar-refractivity contribution in [1.29, 1.82) is 0 Å². The SMILES string of the molecule is CC(Br)(C(=O)c1ccccc1C(=O)NN)C1CCCCO1. The summed E-state index contributed by atoms with van der Waals surface area (Å²) in [7, 11) is 0. The number of ether oxygens (including phenoxy) is 1. The van der Waals surface area contributed by atoms with Crippen LogP contribution in [0.25, 0.3) is 0 Å². The molecule has 2 rings (SSSR count). The number of alkyl halides is 1. The summed E-state index contributed by atoms with van der Waals surface area (Å²) in [5.74, 6) is 4.53. The highest BCUT2D eigenvalue weighted by atomic mass is 79.9. The normalized spacial score (nSPS) is 21.4. The lowest BCUT2D eigenvalue weighted by molar-refractivity contribution is -0.000272. The van der Waals surface area contributed by atoms with Crippen molar-refractivity contribution in [2.24, 2.45) is 5.84 Å². The highest BCUT2D eigenvalue weighted by Crippen LogP contribution is 2.34. The minimum Gasteiger partial charge on any atom is -0.376 e. The largest absolute Gasteiger partial charge is 0.376 e. The van der Waals surface area contributed by atoms with Crippen LogP contribution in [0.5, 0.6) is 0 Å². The predicted molar refractivity (Wildman–Crippen MR) is 83.3 cm³/mol. The highest BCUT2D eigenvalue weighted by molar-refractivity contribution is 9.10. The minimum atomic E-state index is -0.863. The number of hydrogen-bond donors (Lipinski definition) is 2. The molecule has 1 aromatic carbocycles. The van der Waals surface area contributed by atoms with Crippen molar-refractivity contribution in [3.05, 3.63) is 35.4 Å². The summed E-state index contributed by atoms with van der Waals surface area (Å²) >= 11 is 3.51. The molecule has 1 aliphatic rings. The van der Waals surface area contributed by atoms with E-state index in [1.54, 1.807) is 31.2 Å². The molecule has 1 saturated heterocycles. The molecule has 5 nitrogen and oxygen atoms in total. The summed E-state index contributed by atoms with van der Waals surface area (Å²) in [4.78, 5) is 24.7. The zero-order chi connectivity index (χ0) is 15.5. The van der Waals surface area contributed by atoms with Crippen LogP contribution in [0.3, 0.4) is 0 Å². The van der Waals surface area contributed by atoms with Crippen molar-refractivity contribution in [2.45, 2.75) is 36.6 Å². The van der Waals surface area contributed by atoms with Gasteiger partial charge in [0.15, 0.2) is 5.78 Å². The van der Waals surface area contributed by atoms with E-state index in [2.05, 4.69) is 21.4 Å². The van der Waals surface area contributed by atoms with Crippen LogP contribution in [0, 0.1) is 0 Å². The first-order valence-electron chi connectivity index (χ1n) is 6.93. The van der Waals surface area contributed by atoms with Gasteiger partial charge in [0, 0.05) is 12.2 Å². The second kappa shape index (κ2) is 6.68. The molecule has 0 aliphatic carbocycles. The molecule has 0 bridgehead atoms. The van der Waals surface area contributed by atoms with Gasteiger partial charge >= 0.3 is 0 Å². The third kappa shape index (κ3) is 3.33. The fraction of sp³-hybridized carbons (Fsp3) is 0.467. The van der Waals surface area contributed by atoms with Gasteiger partial charge < -0.3 is 4.74 Å². The van der Waals surface area contributed by atoms with Crippen molar-refractivity contribution in [3.63, 3.8) is 0 Å². The lowest BCUT2D eigenvalue weighted by Gasteiger charge is -2.34. The summed E-state index contributed by atoms with van der Waals surface area (Å²) in [5.41, 5.74) is 2.68. The molecule has 3 N–H and O–H groups in total. The zero-order valence-corrected chi connectivity index (χ0v) is 13.5. The maximum atomic E-state index is 12.9. The molecule has 0 saturated carbocycles. The van der Waals surface area contributed by atoms with Crippen LogP contribution in [0.4, 0.5) is 0 Å². The van der Waals surface area contributed by atoms with Gasteiger partial charge in [-0.25, -0.2) is 5.84 Å². The maximum Gasteiger partial charge on any atom is 0.265 e. The molecule has 114 valence electrons. The second-order valence-electron chi connectivity index (χ2n) is 5.28. The van der Waals surface area contributed by atoms with Crippen LogP contribution in [0.2, 0.25) is 0 Å². The number of nitrogen functional groups attached to an aromatic ring is 1. The molecule has 21 heavy (non-hydrogen) atoms. The summed E-state index contributed by atoms with van der Waals surface area (Å²) in [6, 6.07) is 6.64. The summed E-state index contributed by atoms with van der Waals surface area (Å²) in [5, 5.41) is 0. The van der Waals surface area contributed by atoms with Crippen LogP contribution in [-0.4, -0.2) is 28.7 Å². The summed E-state index contributed by atoms with van der Waals surface area (Å²) in [6.45, 7) is 2.45. The Balaban J connectivity index is 2.32. The number of nitrogens with one attached hydrogen (secondary N) is 1. The number of carbonyl (C=O) groups excluding carboxylic acids is 2. The van der Waals surface area contributed by atoms with Gasteiger partial charge in [-0.3, -0.25) is 15.0 Å². The first-order valence-corrected chi connectivity index (χ1v) is 7.73. The number of carbonyl (C=O) groups is 2. The summed E-state index contributed by atoms with van der Waals surface area (Å²) < 4.78 is 4.86. The van der Waals surface area contributed by atoms with E-state index in [1.807, 2.05) is 0 Å². The topological polar surface area (TPSA) is 81.4 Å². The fourth-order valence-corrected chi connectivity index (χ4v) is 3.11. The van der Waals surface area contributed by atoms with E-state index >= 15 is 0 Å². The fourth-order valence-electron chi connectivity index (χ4n) is 2.53. The Hall–Kier alpha value is -1.24. The molecule has 2 atom stereocenters. The summed E-state index contributed by atoms with van der Waals surface area (Å²) in [6.07, 6.45) is 2.66. The molecule has 2 unspecified atom stereocenters. The van der Waals surface area contributed by atoms with Crippen molar-refractivity contribution in [3.8, 4) is 0 Å². The Labute approximate surface area is 132 Å². The lowest BCUT2D eigenvalue weighted by Crippen LogP contribution is -2.45. The maximum absolute atomic E-state index is 12.9. The number of hydrogen-bond acceptors (Lipinski definition) is 4. The van der Waals surface area contributed by atoms with Gasteiger partial charge in [-0.15, -0.1) is 0 Å². The van der Waals surface area contributed by atoms with E-state index < -0.39 is 10.2 Å². The van der Waals surface area contributed by atoms with Crippen LogP contribution in [-0.2, 0) is 4.74 Å². The van der Waals surface area contributed by atoms with Gasteiger partial charge in [-0.1, -0.05) is 34.1 Å². The van der Waals surface area contributed by atoms with Gasteiger partial charge in [0.25, 0.3) is 5.91 Å². The third-order valence-corrected chi connectivity index (χ3v) is 4.65. The Bertz CT molecular complexity index is 539. The average Bonchev–Trinajstić information content (AvgIpc) is 2.54. The number of Topliss-reactive ketones (excluding diaryl/α,β-unsaturated/α-hetero) is 1. The smallest absolute Gasteiger partial charge is 0.265 e. The molecule has 1 amide bonds. The third-order valence-electron chi connectivity index (χ3n) is 3.78. The number of ketones is 1. The van der Waals surface area contributed by atoms with E-state index in [1.165, 1.54) is 0 Å². The molecular weight excluding hydrogens is 336 g/mol. The van der Waals surface area contributed by atoms with Crippen molar-refractivity contribution < 1.29 is 14.3 Å².